The fourth-order valence-electron chi connectivity index (χ4n) is 4.51. The van der Waals surface area contributed by atoms with Crippen LogP contribution < -0.4 is 15.8 Å². The van der Waals surface area contributed by atoms with Crippen molar-refractivity contribution < 1.29 is 9.00 Å². The lowest BCUT2D eigenvalue weighted by molar-refractivity contribution is 0.260. The zero-order valence-corrected chi connectivity index (χ0v) is 19.2. The van der Waals surface area contributed by atoms with E-state index in [4.69, 9.17) is 5.14 Å². The first-order valence-corrected chi connectivity index (χ1v) is 12.8. The summed E-state index contributed by atoms with van der Waals surface area (Å²) in [4.78, 5) is 13.1. The van der Waals surface area contributed by atoms with Gasteiger partial charge < -0.3 is 10.6 Å². The molecule has 4 rings (SSSR count). The van der Waals surface area contributed by atoms with Crippen LogP contribution in [0.15, 0.2) is 39.6 Å². The largest absolute Gasteiger partial charge is 0.354 e. The minimum absolute atomic E-state index is 0.360. The molecule has 2 aliphatic carbocycles. The number of nitrogens with two attached hydrogens (primary N) is 1. The van der Waals surface area contributed by atoms with E-state index in [9.17, 15) is 9.00 Å². The molecule has 31 heavy (non-hydrogen) atoms. The average Bonchev–Trinajstić information content (AvgIpc) is 3.41. The third-order valence-corrected chi connectivity index (χ3v) is 7.84. The van der Waals surface area contributed by atoms with Crippen molar-refractivity contribution in [3.05, 3.63) is 58.1 Å². The maximum absolute atomic E-state index is 13.0. The molecule has 2 aromatic rings. The average molecular weight is 441 g/mol. The van der Waals surface area contributed by atoms with Gasteiger partial charge in [0.15, 0.2) is 0 Å². The summed E-state index contributed by atoms with van der Waals surface area (Å²) in [5.41, 5.74) is 7.03. The molecule has 2 aromatic carbocycles. The van der Waals surface area contributed by atoms with Gasteiger partial charge >= 0.3 is 6.03 Å². The molecule has 2 amide bonds. The highest BCUT2D eigenvalue weighted by atomic mass is 32.2. The molecule has 0 fully saturated rings. The van der Waals surface area contributed by atoms with Crippen LogP contribution in [0.3, 0.4) is 0 Å². The monoisotopic (exact) mass is 440 g/mol. The second-order valence-electron chi connectivity index (χ2n) is 8.66. The number of nitrogens with zero attached hydrogens (tertiary/aromatic N) is 1. The van der Waals surface area contributed by atoms with Gasteiger partial charge in [0.2, 0.25) is 0 Å². The van der Waals surface area contributed by atoms with Crippen molar-refractivity contribution in [1.29, 1.82) is 0 Å². The van der Waals surface area contributed by atoms with Crippen molar-refractivity contribution >= 4 is 21.6 Å². The van der Waals surface area contributed by atoms with Crippen molar-refractivity contribution in [3.63, 3.8) is 0 Å². The number of anilines is 1. The van der Waals surface area contributed by atoms with E-state index in [0.717, 1.165) is 62.7 Å². The van der Waals surface area contributed by atoms with Crippen LogP contribution in [0.4, 0.5) is 10.5 Å². The van der Waals surface area contributed by atoms with E-state index in [1.165, 1.54) is 22.3 Å². The first-order valence-electron chi connectivity index (χ1n) is 11.2. The lowest BCUT2D eigenvalue weighted by Crippen LogP contribution is -2.24. The van der Waals surface area contributed by atoms with Gasteiger partial charge in [-0.1, -0.05) is 25.1 Å². The van der Waals surface area contributed by atoms with Gasteiger partial charge in [-0.05, 0) is 91.8 Å². The highest BCUT2D eigenvalue weighted by molar-refractivity contribution is 7.91. The first kappa shape index (κ1) is 22.0. The number of hydrogen-bond donors (Lipinski definition) is 3. The number of rotatable bonds is 6. The molecule has 0 saturated heterocycles. The second-order valence-corrected chi connectivity index (χ2v) is 10.4. The molecule has 0 aromatic heterocycles. The number of amides is 2. The topological polar surface area (TPSA) is 96.6 Å². The van der Waals surface area contributed by atoms with Gasteiger partial charge in [0, 0.05) is 18.3 Å². The Morgan fingerprint density at radius 3 is 2.29 bits per heavy atom. The molecule has 4 N–H and O–H groups in total. The van der Waals surface area contributed by atoms with E-state index in [0.29, 0.717) is 10.9 Å². The maximum Gasteiger partial charge on any atom is 0.354 e. The number of nitrogens with one attached hydrogen (secondary N) is 2. The third-order valence-electron chi connectivity index (χ3n) is 6.45. The molecule has 2 unspecified atom stereocenters. The quantitative estimate of drug-likeness (QED) is 0.618. The Hall–Kier alpha value is -2.22. The van der Waals surface area contributed by atoms with Crippen LogP contribution in [0.2, 0.25) is 0 Å². The van der Waals surface area contributed by atoms with E-state index in [1.54, 1.807) is 12.1 Å². The van der Waals surface area contributed by atoms with Gasteiger partial charge in [0.25, 0.3) is 0 Å². The number of hydrogen-bond acceptors (Lipinski definition) is 3. The summed E-state index contributed by atoms with van der Waals surface area (Å²) < 4.78 is 16.9. The first-order chi connectivity index (χ1) is 14.9. The fraction of sp³-hybridized carbons (Fsp3) is 0.458. The number of aryl methyl sites for hydroxylation is 2. The van der Waals surface area contributed by atoms with Crippen LogP contribution in [0.1, 0.15) is 60.9 Å². The van der Waals surface area contributed by atoms with Gasteiger partial charge in [-0.3, -0.25) is 0 Å². The maximum atomic E-state index is 13.0. The molecular formula is C24H32N4O2S. The summed E-state index contributed by atoms with van der Waals surface area (Å²) in [6.07, 6.45) is 7.28. The van der Waals surface area contributed by atoms with Crippen LogP contribution in [0.25, 0.3) is 0 Å². The molecule has 0 saturated carbocycles. The predicted molar refractivity (Wildman–Crippen MR) is 126 cm³/mol. The number of benzene rings is 2. The molecule has 0 heterocycles. The molecule has 2 atom stereocenters. The number of carbonyl (C=O) groups excluding carboxylic acids is 1. The highest BCUT2D eigenvalue weighted by Crippen LogP contribution is 2.38. The van der Waals surface area contributed by atoms with E-state index < -0.39 is 15.9 Å². The zero-order chi connectivity index (χ0) is 22.0. The SMILES string of the molecule is CCC(C)NCc1ccc(S(N)(=O)=NC(=O)Nc2c3c(cc4c2CCC4)CCC3)cc1. The van der Waals surface area contributed by atoms with Crippen LogP contribution in [-0.4, -0.2) is 16.3 Å². The summed E-state index contributed by atoms with van der Waals surface area (Å²) in [5, 5.41) is 12.4. The minimum atomic E-state index is -3.32. The van der Waals surface area contributed by atoms with Crippen molar-refractivity contribution in [2.24, 2.45) is 9.50 Å². The summed E-state index contributed by atoms with van der Waals surface area (Å²) >= 11 is 0. The normalized spacial score (nSPS) is 17.5. The highest BCUT2D eigenvalue weighted by Gasteiger charge is 2.25. The van der Waals surface area contributed by atoms with E-state index in [2.05, 4.69) is 34.9 Å². The van der Waals surface area contributed by atoms with Crippen LogP contribution in [0.5, 0.6) is 0 Å². The zero-order valence-electron chi connectivity index (χ0n) is 18.4. The molecule has 6 nitrogen and oxygen atoms in total. The molecule has 0 aliphatic heterocycles. The summed E-state index contributed by atoms with van der Waals surface area (Å²) in [6.45, 7) is 4.99. The minimum Gasteiger partial charge on any atom is -0.310 e. The Labute approximate surface area is 185 Å². The predicted octanol–water partition coefficient (Wildman–Crippen LogP) is 4.48. The Kier molecular flexibility index (Phi) is 6.46. The van der Waals surface area contributed by atoms with E-state index in [-0.39, 0.29) is 0 Å². The molecular weight excluding hydrogens is 408 g/mol. The smallest absolute Gasteiger partial charge is 0.310 e. The van der Waals surface area contributed by atoms with E-state index >= 15 is 0 Å². The van der Waals surface area contributed by atoms with Crippen molar-refractivity contribution in [1.82, 2.24) is 5.32 Å². The third kappa shape index (κ3) is 4.84. The second kappa shape index (κ2) is 9.10. The Morgan fingerprint density at radius 1 is 1.10 bits per heavy atom. The molecule has 0 spiro atoms. The van der Waals surface area contributed by atoms with Gasteiger partial charge in [0.1, 0.15) is 9.92 Å². The van der Waals surface area contributed by atoms with Crippen molar-refractivity contribution in [2.45, 2.75) is 76.3 Å². The Balaban J connectivity index is 1.52. The molecule has 166 valence electrons. The molecule has 7 heteroatoms. The number of carbonyl (C=O) groups is 1. The Bertz CT molecular complexity index is 1070. The van der Waals surface area contributed by atoms with Crippen LogP contribution >= 0.6 is 0 Å². The molecule has 0 bridgehead atoms. The number of urea groups is 1. The lowest BCUT2D eigenvalue weighted by atomic mass is 9.99. The Morgan fingerprint density at radius 2 is 1.71 bits per heavy atom. The lowest BCUT2D eigenvalue weighted by Gasteiger charge is -2.15. The fourth-order valence-corrected chi connectivity index (χ4v) is 5.43. The summed E-state index contributed by atoms with van der Waals surface area (Å²) in [6, 6.07) is 9.25. The summed E-state index contributed by atoms with van der Waals surface area (Å²) in [5.74, 6) is 0. The van der Waals surface area contributed by atoms with Gasteiger partial charge in [-0.2, -0.15) is 0 Å². The van der Waals surface area contributed by atoms with Gasteiger partial charge in [-0.15, -0.1) is 4.36 Å². The van der Waals surface area contributed by atoms with E-state index in [1.807, 2.05) is 12.1 Å². The molecule has 0 radical (unpaired) electrons. The number of fused-ring (bicyclic) bond motifs is 2. The molecule has 2 aliphatic rings. The van der Waals surface area contributed by atoms with Crippen molar-refractivity contribution in [3.8, 4) is 0 Å². The standard InChI is InChI=1S/C24H32N4O2S/c1-3-16(2)26-15-17-10-12-20(13-11-17)31(25,30)28-24(29)27-23-21-8-4-6-18(21)14-19-7-5-9-22(19)23/h10-14,16,26H,3-9,15H2,1-2H3,(H3,25,27,28,29,30). The summed E-state index contributed by atoms with van der Waals surface area (Å²) in [7, 11) is -3.32. The van der Waals surface area contributed by atoms with Gasteiger partial charge in [0.05, 0.1) is 4.90 Å². The van der Waals surface area contributed by atoms with Gasteiger partial charge in [-0.25, -0.2) is 14.1 Å². The van der Waals surface area contributed by atoms with Crippen LogP contribution in [-0.2, 0) is 42.1 Å². The van der Waals surface area contributed by atoms with Crippen molar-refractivity contribution in [2.75, 3.05) is 5.32 Å². The van der Waals surface area contributed by atoms with Crippen LogP contribution in [0, 0.1) is 0 Å².